The molecule has 0 saturated heterocycles. The third kappa shape index (κ3) is 5.76. The smallest absolute Gasteiger partial charge is 0.160 e. The summed E-state index contributed by atoms with van der Waals surface area (Å²) in [5, 5.41) is 0.208. The predicted molar refractivity (Wildman–Crippen MR) is 80.9 cm³/mol. The molecule has 1 atom stereocenters. The molecule has 114 valence electrons. The molecule has 0 saturated carbocycles. The van der Waals surface area contributed by atoms with Crippen LogP contribution < -0.4 is 5.73 Å². The Hall–Kier alpha value is -0.670. The predicted octanol–water partition coefficient (Wildman–Crippen LogP) is 5.76. The maximum absolute atomic E-state index is 13.2. The minimum absolute atomic E-state index is 0.208. The highest BCUT2D eigenvalue weighted by atomic mass is 35.5. The fraction of sp³-hybridized carbons (Fsp3) is 0.625. The van der Waals surface area contributed by atoms with Gasteiger partial charge in [-0.3, -0.25) is 0 Å². The van der Waals surface area contributed by atoms with E-state index in [2.05, 4.69) is 6.92 Å². The fourth-order valence-corrected chi connectivity index (χ4v) is 2.59. The summed E-state index contributed by atoms with van der Waals surface area (Å²) in [6.07, 6.45) is 9.16. The number of nitrogens with two attached hydrogens (primary N) is 1. The lowest BCUT2D eigenvalue weighted by molar-refractivity contribution is 0.501. The molecule has 1 rings (SSSR count). The monoisotopic (exact) mass is 303 g/mol. The van der Waals surface area contributed by atoms with Gasteiger partial charge in [0, 0.05) is 11.1 Å². The van der Waals surface area contributed by atoms with Crippen LogP contribution in [0.3, 0.4) is 0 Å². The molecule has 1 unspecified atom stereocenters. The Labute approximate surface area is 125 Å². The van der Waals surface area contributed by atoms with Gasteiger partial charge in [0.15, 0.2) is 11.6 Å². The molecule has 0 aliphatic rings. The first-order valence-corrected chi connectivity index (χ1v) is 7.84. The van der Waals surface area contributed by atoms with Crippen molar-refractivity contribution in [1.82, 2.24) is 0 Å². The molecule has 0 aliphatic carbocycles. The van der Waals surface area contributed by atoms with E-state index in [1.165, 1.54) is 32.1 Å². The van der Waals surface area contributed by atoms with E-state index in [0.29, 0.717) is 5.56 Å². The Morgan fingerprint density at radius 1 is 1.00 bits per heavy atom. The highest BCUT2D eigenvalue weighted by Crippen LogP contribution is 2.27. The van der Waals surface area contributed by atoms with Crippen molar-refractivity contribution in [3.63, 3.8) is 0 Å². The van der Waals surface area contributed by atoms with E-state index >= 15 is 0 Å². The summed E-state index contributed by atoms with van der Waals surface area (Å²) in [6.45, 7) is 2.20. The molecule has 0 aromatic heterocycles. The van der Waals surface area contributed by atoms with Crippen LogP contribution in [-0.2, 0) is 0 Å². The van der Waals surface area contributed by atoms with Crippen molar-refractivity contribution >= 4 is 11.6 Å². The van der Waals surface area contributed by atoms with Gasteiger partial charge in [0.25, 0.3) is 0 Å². The fourth-order valence-electron chi connectivity index (χ4n) is 2.30. The molecule has 1 aromatic rings. The van der Waals surface area contributed by atoms with E-state index in [1.54, 1.807) is 0 Å². The first kappa shape index (κ1) is 17.4. The third-order valence-corrected chi connectivity index (χ3v) is 3.89. The van der Waals surface area contributed by atoms with Crippen molar-refractivity contribution in [2.24, 2.45) is 5.73 Å². The van der Waals surface area contributed by atoms with Gasteiger partial charge in [-0.15, -0.1) is 0 Å². The average molecular weight is 304 g/mol. The highest BCUT2D eigenvalue weighted by molar-refractivity contribution is 6.31. The summed E-state index contributed by atoms with van der Waals surface area (Å²) >= 11 is 5.91. The minimum atomic E-state index is -0.929. The standard InChI is InChI=1S/C16H24ClF2N/c1-2-3-4-5-6-7-8-9-16(20)12-10-14(18)15(19)11-13(12)17/h10-11,16H,2-9,20H2,1H3. The van der Waals surface area contributed by atoms with Gasteiger partial charge in [0.1, 0.15) is 0 Å². The van der Waals surface area contributed by atoms with Gasteiger partial charge in [0.2, 0.25) is 0 Å². The van der Waals surface area contributed by atoms with Crippen molar-refractivity contribution in [3.8, 4) is 0 Å². The molecule has 0 heterocycles. The zero-order chi connectivity index (χ0) is 15.0. The van der Waals surface area contributed by atoms with Crippen LogP contribution in [0.25, 0.3) is 0 Å². The van der Waals surface area contributed by atoms with E-state index in [0.717, 1.165) is 31.4 Å². The number of unbranched alkanes of at least 4 members (excludes halogenated alkanes) is 6. The van der Waals surface area contributed by atoms with Gasteiger partial charge in [0.05, 0.1) is 0 Å². The Morgan fingerprint density at radius 2 is 1.55 bits per heavy atom. The Morgan fingerprint density at radius 3 is 2.20 bits per heavy atom. The Bertz CT molecular complexity index is 410. The van der Waals surface area contributed by atoms with Crippen LogP contribution >= 0.6 is 11.6 Å². The van der Waals surface area contributed by atoms with Gasteiger partial charge >= 0.3 is 0 Å². The third-order valence-electron chi connectivity index (χ3n) is 3.56. The lowest BCUT2D eigenvalue weighted by Crippen LogP contribution is -2.11. The number of benzene rings is 1. The molecule has 0 spiro atoms. The molecular formula is C16H24ClF2N. The second kappa shape index (κ2) is 9.30. The van der Waals surface area contributed by atoms with Crippen LogP contribution in [0.2, 0.25) is 5.02 Å². The van der Waals surface area contributed by atoms with Gasteiger partial charge in [-0.25, -0.2) is 8.78 Å². The van der Waals surface area contributed by atoms with Crippen molar-refractivity contribution < 1.29 is 8.78 Å². The first-order chi connectivity index (χ1) is 9.56. The summed E-state index contributed by atoms with van der Waals surface area (Å²) < 4.78 is 26.2. The molecule has 20 heavy (non-hydrogen) atoms. The lowest BCUT2D eigenvalue weighted by atomic mass is 10.00. The second-order valence-corrected chi connectivity index (χ2v) is 5.71. The molecule has 1 aromatic carbocycles. The molecule has 0 aliphatic heterocycles. The van der Waals surface area contributed by atoms with E-state index in [1.807, 2.05) is 0 Å². The largest absolute Gasteiger partial charge is 0.324 e. The molecule has 4 heteroatoms. The quantitative estimate of drug-likeness (QED) is 0.455. The average Bonchev–Trinajstić information content (AvgIpc) is 2.41. The maximum atomic E-state index is 13.2. The number of hydrogen-bond acceptors (Lipinski definition) is 1. The highest BCUT2D eigenvalue weighted by Gasteiger charge is 2.14. The molecule has 2 N–H and O–H groups in total. The number of halogens is 3. The van der Waals surface area contributed by atoms with Gasteiger partial charge in [-0.2, -0.15) is 0 Å². The zero-order valence-electron chi connectivity index (χ0n) is 12.1. The van der Waals surface area contributed by atoms with Crippen LogP contribution in [0.15, 0.2) is 12.1 Å². The summed E-state index contributed by atoms with van der Waals surface area (Å²) in [4.78, 5) is 0. The molecule has 1 nitrogen and oxygen atoms in total. The first-order valence-electron chi connectivity index (χ1n) is 7.46. The van der Waals surface area contributed by atoms with E-state index in [9.17, 15) is 8.78 Å². The Balaban J connectivity index is 2.32. The lowest BCUT2D eigenvalue weighted by Gasteiger charge is -2.14. The van der Waals surface area contributed by atoms with Crippen molar-refractivity contribution in [2.45, 2.75) is 64.3 Å². The van der Waals surface area contributed by atoms with E-state index in [-0.39, 0.29) is 11.1 Å². The van der Waals surface area contributed by atoms with Crippen molar-refractivity contribution in [1.29, 1.82) is 0 Å². The van der Waals surface area contributed by atoms with Crippen molar-refractivity contribution in [2.75, 3.05) is 0 Å². The van der Waals surface area contributed by atoms with E-state index in [4.69, 9.17) is 17.3 Å². The van der Waals surface area contributed by atoms with Gasteiger partial charge in [-0.1, -0.05) is 63.5 Å². The SMILES string of the molecule is CCCCCCCCCC(N)c1cc(F)c(F)cc1Cl. The van der Waals surface area contributed by atoms with Crippen LogP contribution in [0.5, 0.6) is 0 Å². The second-order valence-electron chi connectivity index (χ2n) is 5.30. The summed E-state index contributed by atoms with van der Waals surface area (Å²) in [5.74, 6) is -1.82. The maximum Gasteiger partial charge on any atom is 0.160 e. The van der Waals surface area contributed by atoms with Crippen LogP contribution in [0.1, 0.15) is 69.9 Å². The molecule has 0 fully saturated rings. The van der Waals surface area contributed by atoms with Gasteiger partial charge in [-0.05, 0) is 24.1 Å². The summed E-state index contributed by atoms with van der Waals surface area (Å²) in [6, 6.07) is 1.79. The molecule has 0 radical (unpaired) electrons. The zero-order valence-corrected chi connectivity index (χ0v) is 12.9. The normalized spacial score (nSPS) is 12.7. The topological polar surface area (TPSA) is 26.0 Å². The number of rotatable bonds is 9. The number of hydrogen-bond donors (Lipinski definition) is 1. The van der Waals surface area contributed by atoms with E-state index < -0.39 is 11.6 Å². The van der Waals surface area contributed by atoms with Crippen LogP contribution in [0, 0.1) is 11.6 Å². The molecule has 0 bridgehead atoms. The van der Waals surface area contributed by atoms with Crippen LogP contribution in [0.4, 0.5) is 8.78 Å². The molecule has 0 amide bonds. The minimum Gasteiger partial charge on any atom is -0.324 e. The summed E-state index contributed by atoms with van der Waals surface area (Å²) in [5.41, 5.74) is 6.50. The van der Waals surface area contributed by atoms with Crippen LogP contribution in [-0.4, -0.2) is 0 Å². The van der Waals surface area contributed by atoms with Crippen molar-refractivity contribution in [3.05, 3.63) is 34.4 Å². The molecular weight excluding hydrogens is 280 g/mol. The van der Waals surface area contributed by atoms with Gasteiger partial charge < -0.3 is 5.73 Å². The summed E-state index contributed by atoms with van der Waals surface area (Å²) in [7, 11) is 0. The Kier molecular flexibility index (Phi) is 8.08.